The van der Waals surface area contributed by atoms with Gasteiger partial charge in [0.1, 0.15) is 5.58 Å². The maximum absolute atomic E-state index is 6.79. The number of furan rings is 1. The van der Waals surface area contributed by atoms with E-state index in [0.29, 0.717) is 0 Å². The summed E-state index contributed by atoms with van der Waals surface area (Å²) in [5.41, 5.74) is 17.8. The molecule has 0 atom stereocenters. The Labute approximate surface area is 388 Å². The second kappa shape index (κ2) is 16.0. The predicted molar refractivity (Wildman–Crippen MR) is 282 cm³/mol. The Bertz CT molecular complexity index is 3920. The molecule has 0 N–H and O–H groups in total. The van der Waals surface area contributed by atoms with Gasteiger partial charge in [0.2, 0.25) is 0 Å². The van der Waals surface area contributed by atoms with Crippen LogP contribution < -0.4 is 4.90 Å². The summed E-state index contributed by atoms with van der Waals surface area (Å²) in [6.07, 6.45) is 0. The van der Waals surface area contributed by atoms with E-state index in [1.165, 1.54) is 60.6 Å². The summed E-state index contributed by atoms with van der Waals surface area (Å²) in [6, 6.07) is 91.7. The number of nitrogens with zero attached hydrogens (tertiary/aromatic N) is 2. The van der Waals surface area contributed by atoms with E-state index in [9.17, 15) is 0 Å². The lowest BCUT2D eigenvalue weighted by Gasteiger charge is -2.26. The van der Waals surface area contributed by atoms with E-state index in [0.717, 1.165) is 61.2 Å². The third-order valence-corrected chi connectivity index (χ3v) is 13.4. The molecule has 0 aliphatic rings. The molecule has 314 valence electrons. The Morgan fingerprint density at radius 3 is 1.39 bits per heavy atom. The van der Waals surface area contributed by atoms with Gasteiger partial charge < -0.3 is 13.9 Å². The zero-order valence-electron chi connectivity index (χ0n) is 36.6. The van der Waals surface area contributed by atoms with Gasteiger partial charge in [0, 0.05) is 38.6 Å². The van der Waals surface area contributed by atoms with E-state index < -0.39 is 0 Å². The summed E-state index contributed by atoms with van der Waals surface area (Å²) in [5, 5.41) is 7.08. The lowest BCUT2D eigenvalue weighted by Crippen LogP contribution is -2.10. The normalized spacial score (nSPS) is 11.6. The molecule has 0 amide bonds. The van der Waals surface area contributed by atoms with Crippen molar-refractivity contribution < 1.29 is 4.42 Å². The molecule has 11 aromatic carbocycles. The molecule has 67 heavy (non-hydrogen) atoms. The zero-order valence-corrected chi connectivity index (χ0v) is 36.6. The molecule has 0 saturated heterocycles. The van der Waals surface area contributed by atoms with Gasteiger partial charge in [-0.05, 0) is 116 Å². The molecule has 13 rings (SSSR count). The molecule has 0 aliphatic carbocycles. The highest BCUT2D eigenvalue weighted by Crippen LogP contribution is 2.46. The van der Waals surface area contributed by atoms with E-state index in [4.69, 9.17) is 4.42 Å². The fraction of sp³-hybridized carbons (Fsp3) is 0. The molecule has 0 fully saturated rings. The summed E-state index contributed by atoms with van der Waals surface area (Å²) < 4.78 is 9.19. The molecule has 0 aliphatic heterocycles. The first-order chi connectivity index (χ1) is 33.2. The summed E-state index contributed by atoms with van der Waals surface area (Å²) in [4.78, 5) is 2.34. The van der Waals surface area contributed by atoms with Gasteiger partial charge in [0.25, 0.3) is 0 Å². The van der Waals surface area contributed by atoms with E-state index in [2.05, 4.69) is 258 Å². The number of hydrogen-bond donors (Lipinski definition) is 0. The minimum absolute atomic E-state index is 0.867. The lowest BCUT2D eigenvalue weighted by molar-refractivity contribution is 0.669. The number of fused-ring (bicyclic) bond motifs is 8. The highest BCUT2D eigenvalue weighted by molar-refractivity contribution is 6.23. The van der Waals surface area contributed by atoms with Crippen LogP contribution in [-0.4, -0.2) is 4.57 Å². The third kappa shape index (κ3) is 6.67. The second-order valence-corrected chi connectivity index (χ2v) is 17.3. The Balaban J connectivity index is 0.867. The molecule has 0 radical (unpaired) electrons. The van der Waals surface area contributed by atoms with Crippen molar-refractivity contribution in [2.75, 3.05) is 4.90 Å². The van der Waals surface area contributed by atoms with Crippen molar-refractivity contribution in [1.82, 2.24) is 4.57 Å². The smallest absolute Gasteiger partial charge is 0.160 e. The van der Waals surface area contributed by atoms with E-state index >= 15 is 0 Å². The van der Waals surface area contributed by atoms with Gasteiger partial charge in [-0.2, -0.15) is 0 Å². The van der Waals surface area contributed by atoms with Crippen molar-refractivity contribution in [2.45, 2.75) is 0 Å². The van der Waals surface area contributed by atoms with Crippen molar-refractivity contribution in [3.63, 3.8) is 0 Å². The van der Waals surface area contributed by atoms with E-state index in [1.807, 2.05) is 6.07 Å². The van der Waals surface area contributed by atoms with Gasteiger partial charge in [0.05, 0.1) is 16.7 Å². The fourth-order valence-corrected chi connectivity index (χ4v) is 10.1. The van der Waals surface area contributed by atoms with Crippen LogP contribution in [0.3, 0.4) is 0 Å². The first-order valence-electron chi connectivity index (χ1n) is 22.9. The molecule has 0 unspecified atom stereocenters. The summed E-state index contributed by atoms with van der Waals surface area (Å²) in [5.74, 6) is 0. The third-order valence-electron chi connectivity index (χ3n) is 13.4. The monoisotopic (exact) mass is 854 g/mol. The molecule has 2 aromatic heterocycles. The van der Waals surface area contributed by atoms with Crippen molar-refractivity contribution in [3.05, 3.63) is 255 Å². The molecule has 0 spiro atoms. The van der Waals surface area contributed by atoms with Crippen molar-refractivity contribution in [1.29, 1.82) is 0 Å². The largest absolute Gasteiger partial charge is 0.454 e. The molecule has 0 saturated carbocycles. The summed E-state index contributed by atoms with van der Waals surface area (Å²) in [6.45, 7) is 0. The average Bonchev–Trinajstić information content (AvgIpc) is 3.96. The number of aromatic nitrogens is 1. The fourth-order valence-electron chi connectivity index (χ4n) is 10.1. The number of benzene rings is 11. The van der Waals surface area contributed by atoms with E-state index in [1.54, 1.807) is 0 Å². The standard InChI is InChI=1S/C64H42N2O/c1-3-13-43(14-4-1)46-27-34-52(35-28-46)65(61-42-51-17-7-8-18-55(51)63-58-20-10-12-22-62(58)67-64(61)63)53-36-29-48(30-37-53)45-23-25-49(26-24-45)50-33-40-57-56-19-9-11-21-59(56)66(60(57)41-50)54-38-31-47(32-39-54)44-15-5-2-6-16-44/h1-42H. The molecule has 13 aromatic rings. The van der Waals surface area contributed by atoms with Gasteiger partial charge in [-0.1, -0.05) is 194 Å². The Morgan fingerprint density at radius 1 is 0.313 bits per heavy atom. The van der Waals surface area contributed by atoms with Gasteiger partial charge in [-0.25, -0.2) is 0 Å². The Hall–Kier alpha value is -8.92. The highest BCUT2D eigenvalue weighted by atomic mass is 16.3. The maximum Gasteiger partial charge on any atom is 0.160 e. The van der Waals surface area contributed by atoms with Gasteiger partial charge in [-0.3, -0.25) is 0 Å². The van der Waals surface area contributed by atoms with Crippen molar-refractivity contribution in [2.24, 2.45) is 0 Å². The van der Waals surface area contributed by atoms with Crippen LogP contribution in [0.1, 0.15) is 0 Å². The number of para-hydroxylation sites is 2. The van der Waals surface area contributed by atoms with Crippen molar-refractivity contribution in [3.8, 4) is 50.2 Å². The quantitative estimate of drug-likeness (QED) is 0.152. The van der Waals surface area contributed by atoms with Gasteiger partial charge in [-0.15, -0.1) is 0 Å². The van der Waals surface area contributed by atoms with Crippen LogP contribution in [0.25, 0.3) is 105 Å². The lowest BCUT2D eigenvalue weighted by atomic mass is 9.98. The molecule has 3 heteroatoms. The zero-order chi connectivity index (χ0) is 44.3. The topological polar surface area (TPSA) is 21.3 Å². The van der Waals surface area contributed by atoms with Crippen LogP contribution in [0.2, 0.25) is 0 Å². The van der Waals surface area contributed by atoms with Crippen LogP contribution in [0.15, 0.2) is 259 Å². The van der Waals surface area contributed by atoms with Gasteiger partial charge in [0.15, 0.2) is 5.58 Å². The summed E-state index contributed by atoms with van der Waals surface area (Å²) in [7, 11) is 0. The van der Waals surface area contributed by atoms with Gasteiger partial charge >= 0.3 is 0 Å². The van der Waals surface area contributed by atoms with Crippen LogP contribution in [0.4, 0.5) is 17.1 Å². The Morgan fingerprint density at radius 2 is 0.761 bits per heavy atom. The van der Waals surface area contributed by atoms with Crippen LogP contribution >= 0.6 is 0 Å². The number of anilines is 3. The Kier molecular flexibility index (Phi) is 9.17. The van der Waals surface area contributed by atoms with E-state index in [-0.39, 0.29) is 0 Å². The second-order valence-electron chi connectivity index (χ2n) is 17.3. The number of hydrogen-bond acceptors (Lipinski definition) is 2. The minimum Gasteiger partial charge on any atom is -0.454 e. The molecular weight excluding hydrogens is 813 g/mol. The first kappa shape index (κ1) is 38.5. The predicted octanol–water partition coefficient (Wildman–Crippen LogP) is 18.0. The SMILES string of the molecule is c1ccc(-c2ccc(N(c3ccc(-c4ccc(-c5ccc6c7ccccc7n(-c7ccc(-c8ccccc8)cc7)c6c5)cc4)cc3)c3cc4ccccc4c4c3oc3ccccc34)cc2)cc1. The molecular formula is C64H42N2O. The van der Waals surface area contributed by atoms with Crippen LogP contribution in [-0.2, 0) is 0 Å². The average molecular weight is 855 g/mol. The molecule has 3 nitrogen and oxygen atoms in total. The molecule has 2 heterocycles. The van der Waals surface area contributed by atoms with Crippen molar-refractivity contribution >= 4 is 71.6 Å². The highest BCUT2D eigenvalue weighted by Gasteiger charge is 2.22. The number of rotatable bonds is 8. The maximum atomic E-state index is 6.79. The first-order valence-corrected chi connectivity index (χ1v) is 22.9. The van der Waals surface area contributed by atoms with Crippen LogP contribution in [0, 0.1) is 0 Å². The van der Waals surface area contributed by atoms with Crippen LogP contribution in [0.5, 0.6) is 0 Å². The minimum atomic E-state index is 0.867. The molecule has 0 bridgehead atoms. The summed E-state index contributed by atoms with van der Waals surface area (Å²) >= 11 is 0.